The zero-order valence-electron chi connectivity index (χ0n) is 14.7. The Labute approximate surface area is 148 Å². The van der Waals surface area contributed by atoms with Gasteiger partial charge in [-0.1, -0.05) is 57.4 Å². The molecule has 0 fully saturated rings. The summed E-state index contributed by atoms with van der Waals surface area (Å²) in [7, 11) is 0. The van der Waals surface area contributed by atoms with Crippen molar-refractivity contribution in [2.75, 3.05) is 13.2 Å². The highest BCUT2D eigenvalue weighted by molar-refractivity contribution is 7.95. The van der Waals surface area contributed by atoms with E-state index in [0.29, 0.717) is 25.3 Å². The topological polar surface area (TPSA) is 91.3 Å². The molecule has 0 aromatic rings. The van der Waals surface area contributed by atoms with Crippen LogP contribution in [0.25, 0.3) is 0 Å². The molecule has 8 heteroatoms. The van der Waals surface area contributed by atoms with Crippen molar-refractivity contribution in [3.05, 3.63) is 0 Å². The predicted octanol–water partition coefficient (Wildman–Crippen LogP) is 4.06. The van der Waals surface area contributed by atoms with Crippen molar-refractivity contribution in [2.45, 2.75) is 76.9 Å². The van der Waals surface area contributed by atoms with Gasteiger partial charge in [-0.05, 0) is 12.8 Å². The fourth-order valence-corrected chi connectivity index (χ4v) is 2.42. The average Bonchev–Trinajstić information content (AvgIpc) is 2.58. The zero-order chi connectivity index (χ0) is 18.0. The Balaban J connectivity index is 4.08. The molecule has 0 heterocycles. The second-order valence-electron chi connectivity index (χ2n) is 5.44. The standard InChI is InChI=1S/C16H30O7S/c1-3-5-7-9-11-20-15(17)13-14(24-23-22-19)16(18)21-12-10-8-6-4-2/h14,19H,3-13H2,1-2H3. The minimum Gasteiger partial charge on any atom is -0.466 e. The van der Waals surface area contributed by atoms with Crippen LogP contribution in [0.4, 0.5) is 0 Å². The average molecular weight is 366 g/mol. The number of rotatable bonds is 16. The maximum Gasteiger partial charge on any atom is 0.322 e. The number of hydrogen-bond donors (Lipinski definition) is 1. The predicted molar refractivity (Wildman–Crippen MR) is 91.0 cm³/mol. The maximum absolute atomic E-state index is 12.0. The monoisotopic (exact) mass is 366 g/mol. The molecule has 0 aliphatic carbocycles. The van der Waals surface area contributed by atoms with Gasteiger partial charge in [0.2, 0.25) is 0 Å². The molecule has 142 valence electrons. The summed E-state index contributed by atoms with van der Waals surface area (Å²) in [6.07, 6.45) is 7.75. The largest absolute Gasteiger partial charge is 0.466 e. The second-order valence-corrected chi connectivity index (χ2v) is 6.34. The van der Waals surface area contributed by atoms with E-state index in [0.717, 1.165) is 51.4 Å². The first-order valence-corrected chi connectivity index (χ1v) is 9.41. The summed E-state index contributed by atoms with van der Waals surface area (Å²) in [6.45, 7) is 4.82. The summed E-state index contributed by atoms with van der Waals surface area (Å²) >= 11 is 0.526. The molecule has 0 radical (unpaired) electrons. The lowest BCUT2D eigenvalue weighted by Crippen LogP contribution is -2.25. The van der Waals surface area contributed by atoms with Crippen LogP contribution in [0.3, 0.4) is 0 Å². The van der Waals surface area contributed by atoms with Crippen molar-refractivity contribution in [2.24, 2.45) is 0 Å². The molecule has 0 spiro atoms. The number of hydrogen-bond acceptors (Lipinski definition) is 8. The fraction of sp³-hybridized carbons (Fsp3) is 0.875. The Kier molecular flexibility index (Phi) is 16.4. The molecule has 1 unspecified atom stereocenters. The van der Waals surface area contributed by atoms with Crippen LogP contribution < -0.4 is 0 Å². The van der Waals surface area contributed by atoms with Gasteiger partial charge in [0.05, 0.1) is 31.7 Å². The highest BCUT2D eigenvalue weighted by atomic mass is 32.2. The van der Waals surface area contributed by atoms with E-state index in [1.165, 1.54) is 0 Å². The Morgan fingerprint density at radius 1 is 0.917 bits per heavy atom. The van der Waals surface area contributed by atoms with Crippen molar-refractivity contribution in [1.29, 1.82) is 0 Å². The van der Waals surface area contributed by atoms with Crippen molar-refractivity contribution in [1.82, 2.24) is 0 Å². The van der Waals surface area contributed by atoms with Crippen LogP contribution in [0.5, 0.6) is 0 Å². The second kappa shape index (κ2) is 17.0. The number of ether oxygens (including phenoxy) is 2. The highest BCUT2D eigenvalue weighted by Gasteiger charge is 2.26. The minimum absolute atomic E-state index is 0.199. The summed E-state index contributed by atoms with van der Waals surface area (Å²) in [5.41, 5.74) is 0. The van der Waals surface area contributed by atoms with Gasteiger partial charge < -0.3 is 9.47 Å². The Hall–Kier alpha value is -0.830. The molecule has 0 saturated heterocycles. The molecule has 0 aromatic carbocycles. The number of carbonyl (C=O) groups is 2. The van der Waals surface area contributed by atoms with Crippen LogP contribution in [-0.2, 0) is 28.4 Å². The molecule has 0 aliphatic rings. The first-order chi connectivity index (χ1) is 11.7. The molecule has 0 amide bonds. The lowest BCUT2D eigenvalue weighted by molar-refractivity contribution is -0.432. The van der Waals surface area contributed by atoms with Gasteiger partial charge in [0, 0.05) is 0 Å². The van der Waals surface area contributed by atoms with Crippen molar-refractivity contribution < 1.29 is 33.7 Å². The summed E-state index contributed by atoms with van der Waals surface area (Å²) in [4.78, 5) is 23.7. The lowest BCUT2D eigenvalue weighted by Gasteiger charge is -2.13. The van der Waals surface area contributed by atoms with Crippen LogP contribution in [-0.4, -0.2) is 35.7 Å². The van der Waals surface area contributed by atoms with E-state index < -0.39 is 17.2 Å². The van der Waals surface area contributed by atoms with Gasteiger partial charge in [0.15, 0.2) is 0 Å². The molecular formula is C16H30O7S. The van der Waals surface area contributed by atoms with E-state index >= 15 is 0 Å². The van der Waals surface area contributed by atoms with Gasteiger partial charge in [-0.15, -0.1) is 4.33 Å². The lowest BCUT2D eigenvalue weighted by atomic mass is 10.2. The first-order valence-electron chi connectivity index (χ1n) is 8.61. The quantitative estimate of drug-likeness (QED) is 0.144. The molecule has 0 bridgehead atoms. The van der Waals surface area contributed by atoms with E-state index in [1.807, 2.05) is 0 Å². The molecule has 24 heavy (non-hydrogen) atoms. The third-order valence-electron chi connectivity index (χ3n) is 3.30. The van der Waals surface area contributed by atoms with Crippen LogP contribution in [0.1, 0.15) is 71.6 Å². The smallest absolute Gasteiger partial charge is 0.322 e. The van der Waals surface area contributed by atoms with Crippen LogP contribution in [0.2, 0.25) is 0 Å². The number of carbonyl (C=O) groups excluding carboxylic acids is 2. The molecule has 0 saturated carbocycles. The summed E-state index contributed by atoms with van der Waals surface area (Å²) < 4.78 is 14.5. The van der Waals surface area contributed by atoms with Crippen molar-refractivity contribution in [3.8, 4) is 0 Å². The molecular weight excluding hydrogens is 336 g/mol. The van der Waals surface area contributed by atoms with Crippen molar-refractivity contribution >= 4 is 24.0 Å². The van der Waals surface area contributed by atoms with Gasteiger partial charge in [0.1, 0.15) is 5.25 Å². The fourth-order valence-electron chi connectivity index (χ4n) is 1.94. The zero-order valence-corrected chi connectivity index (χ0v) is 15.5. The van der Waals surface area contributed by atoms with Gasteiger partial charge in [-0.25, -0.2) is 5.26 Å². The molecule has 0 aliphatic heterocycles. The summed E-state index contributed by atoms with van der Waals surface area (Å²) in [6, 6.07) is 0. The Bertz CT molecular complexity index is 326. The highest BCUT2D eigenvalue weighted by Crippen LogP contribution is 2.19. The van der Waals surface area contributed by atoms with E-state index in [2.05, 4.69) is 23.2 Å². The van der Waals surface area contributed by atoms with Gasteiger partial charge >= 0.3 is 11.9 Å². The van der Waals surface area contributed by atoms with E-state index in [-0.39, 0.29) is 6.42 Å². The third-order valence-corrected chi connectivity index (χ3v) is 4.03. The molecule has 0 aromatic heterocycles. The maximum atomic E-state index is 12.0. The van der Waals surface area contributed by atoms with Crippen LogP contribution in [0.15, 0.2) is 0 Å². The summed E-state index contributed by atoms with van der Waals surface area (Å²) in [5, 5.41) is 10.8. The molecule has 0 rings (SSSR count). The summed E-state index contributed by atoms with van der Waals surface area (Å²) in [5.74, 6) is -1.09. The Morgan fingerprint density at radius 2 is 1.50 bits per heavy atom. The van der Waals surface area contributed by atoms with Crippen LogP contribution in [0, 0.1) is 0 Å². The van der Waals surface area contributed by atoms with E-state index in [1.54, 1.807) is 0 Å². The first kappa shape index (κ1) is 23.2. The van der Waals surface area contributed by atoms with E-state index in [9.17, 15) is 9.59 Å². The third kappa shape index (κ3) is 13.6. The Morgan fingerprint density at radius 3 is 2.04 bits per heavy atom. The minimum atomic E-state index is -0.938. The number of unbranched alkanes of at least 4 members (excludes halogenated alkanes) is 6. The molecule has 1 atom stereocenters. The molecule has 1 N–H and O–H groups in total. The SMILES string of the molecule is CCCCCCOC(=O)CC(SOOO)C(=O)OCCCCCC. The van der Waals surface area contributed by atoms with Gasteiger partial charge in [-0.3, -0.25) is 9.59 Å². The van der Waals surface area contributed by atoms with E-state index in [4.69, 9.17) is 14.7 Å². The van der Waals surface area contributed by atoms with Crippen LogP contribution >= 0.6 is 12.0 Å². The number of esters is 2. The van der Waals surface area contributed by atoms with Gasteiger partial charge in [-0.2, -0.15) is 0 Å². The van der Waals surface area contributed by atoms with Crippen molar-refractivity contribution in [3.63, 3.8) is 0 Å². The van der Waals surface area contributed by atoms with Gasteiger partial charge in [0.25, 0.3) is 0 Å². The molecule has 7 nitrogen and oxygen atoms in total. The normalized spacial score (nSPS) is 12.0.